The first-order chi connectivity index (χ1) is 18.6. The highest BCUT2D eigenvalue weighted by atomic mass is 35.5. The number of nitrogens with zero attached hydrogens (tertiary/aromatic N) is 1. The second kappa shape index (κ2) is 10.2. The van der Waals surface area contributed by atoms with Crippen LogP contribution in [0.4, 0.5) is 0 Å². The molecule has 0 saturated carbocycles. The van der Waals surface area contributed by atoms with Crippen molar-refractivity contribution in [2.45, 2.75) is 39.2 Å². The van der Waals surface area contributed by atoms with Crippen LogP contribution in [0.25, 0.3) is 16.6 Å². The van der Waals surface area contributed by atoms with Gasteiger partial charge in [-0.1, -0.05) is 43.6 Å². The number of methoxy groups -OCH3 is 1. The number of amides is 1. The summed E-state index contributed by atoms with van der Waals surface area (Å²) in [6.07, 6.45) is 0.876. The van der Waals surface area contributed by atoms with Crippen molar-refractivity contribution in [1.29, 1.82) is 0 Å². The van der Waals surface area contributed by atoms with Crippen LogP contribution in [0, 0.1) is 5.41 Å². The Morgan fingerprint density at radius 2 is 1.79 bits per heavy atom. The smallest absolute Gasteiger partial charge is 0.328 e. The van der Waals surface area contributed by atoms with Gasteiger partial charge in [0.25, 0.3) is 11.5 Å². The van der Waals surface area contributed by atoms with Gasteiger partial charge in [-0.05, 0) is 59.7 Å². The van der Waals surface area contributed by atoms with Gasteiger partial charge in [-0.15, -0.1) is 0 Å². The van der Waals surface area contributed by atoms with Crippen LogP contribution in [0.3, 0.4) is 0 Å². The van der Waals surface area contributed by atoms with Gasteiger partial charge >= 0.3 is 5.97 Å². The van der Waals surface area contributed by atoms with E-state index in [2.05, 4.69) is 10.3 Å². The molecule has 0 radical (unpaired) electrons. The molecule has 4 aromatic rings. The molecule has 1 atom stereocenters. The third kappa shape index (κ3) is 5.25. The van der Waals surface area contributed by atoms with Gasteiger partial charge in [0, 0.05) is 46.0 Å². The lowest BCUT2D eigenvalue weighted by Crippen LogP contribution is -2.46. The van der Waals surface area contributed by atoms with E-state index in [1.807, 2.05) is 44.2 Å². The topological polar surface area (TPSA) is 110 Å². The van der Waals surface area contributed by atoms with Crippen molar-refractivity contribution in [2.75, 3.05) is 7.11 Å². The van der Waals surface area contributed by atoms with E-state index in [0.717, 1.165) is 10.9 Å². The Balaban J connectivity index is 1.55. The number of carbonyl (C=O) groups is 3. The van der Waals surface area contributed by atoms with Crippen molar-refractivity contribution in [3.63, 3.8) is 0 Å². The summed E-state index contributed by atoms with van der Waals surface area (Å²) in [4.78, 5) is 56.4. The average Bonchev–Trinajstić information content (AvgIpc) is 3.30. The van der Waals surface area contributed by atoms with Crippen molar-refractivity contribution in [3.05, 3.63) is 98.6 Å². The number of halogens is 1. The molecule has 2 N–H and O–H groups in total. The quantitative estimate of drug-likeness (QED) is 0.343. The molecule has 1 unspecified atom stereocenters. The number of rotatable bonds is 6. The molecular formula is C30H28ClN3O5. The number of nitrogens with one attached hydrogen (secondary N) is 2. The van der Waals surface area contributed by atoms with Crippen LogP contribution in [0.15, 0.2) is 65.5 Å². The highest BCUT2D eigenvalue weighted by molar-refractivity contribution is 6.30. The number of aromatic nitrogens is 2. The third-order valence-corrected chi connectivity index (χ3v) is 7.27. The summed E-state index contributed by atoms with van der Waals surface area (Å²) < 4.78 is 6.35. The number of ether oxygens (including phenoxy) is 1. The predicted molar refractivity (Wildman–Crippen MR) is 149 cm³/mol. The maximum Gasteiger partial charge on any atom is 0.328 e. The Hall–Kier alpha value is -4.17. The fourth-order valence-corrected chi connectivity index (χ4v) is 5.30. The molecular weight excluding hydrogens is 518 g/mol. The lowest BCUT2D eigenvalue weighted by atomic mass is 9.75. The van der Waals surface area contributed by atoms with Crippen LogP contribution in [0.5, 0.6) is 0 Å². The van der Waals surface area contributed by atoms with Gasteiger partial charge in [-0.2, -0.15) is 0 Å². The van der Waals surface area contributed by atoms with Crippen molar-refractivity contribution in [2.24, 2.45) is 5.41 Å². The monoisotopic (exact) mass is 545 g/mol. The van der Waals surface area contributed by atoms with Crippen molar-refractivity contribution in [3.8, 4) is 5.69 Å². The van der Waals surface area contributed by atoms with Gasteiger partial charge in [0.2, 0.25) is 0 Å². The maximum atomic E-state index is 13.8. The fraction of sp³-hybridized carbons (Fsp3) is 0.267. The van der Waals surface area contributed by atoms with Gasteiger partial charge in [-0.3, -0.25) is 19.0 Å². The molecule has 0 bridgehead atoms. The zero-order valence-electron chi connectivity index (χ0n) is 21.8. The van der Waals surface area contributed by atoms with E-state index in [-0.39, 0.29) is 29.6 Å². The maximum absolute atomic E-state index is 13.8. The Kier molecular flexibility index (Phi) is 6.91. The molecule has 5 rings (SSSR count). The van der Waals surface area contributed by atoms with E-state index in [1.54, 1.807) is 24.3 Å². The van der Waals surface area contributed by atoms with E-state index in [1.165, 1.54) is 17.7 Å². The Bertz CT molecular complexity index is 1630. The molecule has 9 heteroatoms. The standard InChI is InChI=1S/C30H28ClN3O5/c1-30(2)15-25-21(26(35)16-30)14-22(28(37)34(25)20-10-8-18(31)9-11-20)27(36)33-24(29(38)39-3)13-19-12-17-6-4-5-7-23(17)32-19/h4-12,14,24,32H,13,15-16H2,1-3H3,(H,33,36). The average molecular weight is 546 g/mol. The fourth-order valence-electron chi connectivity index (χ4n) is 5.18. The molecule has 2 aromatic carbocycles. The third-order valence-electron chi connectivity index (χ3n) is 7.02. The summed E-state index contributed by atoms with van der Waals surface area (Å²) >= 11 is 6.07. The number of hydrogen-bond acceptors (Lipinski definition) is 5. The van der Waals surface area contributed by atoms with Crippen molar-refractivity contribution in [1.82, 2.24) is 14.9 Å². The van der Waals surface area contributed by atoms with E-state index in [0.29, 0.717) is 34.1 Å². The summed E-state index contributed by atoms with van der Waals surface area (Å²) in [7, 11) is 1.24. The molecule has 2 heterocycles. The zero-order valence-corrected chi connectivity index (χ0v) is 22.6. The van der Waals surface area contributed by atoms with Crippen molar-refractivity contribution >= 4 is 40.2 Å². The minimum absolute atomic E-state index is 0.122. The number of benzene rings is 2. The molecule has 2 aromatic heterocycles. The zero-order chi connectivity index (χ0) is 27.9. The highest BCUT2D eigenvalue weighted by Crippen LogP contribution is 2.35. The number of ketones is 1. The Labute approximate surface area is 229 Å². The van der Waals surface area contributed by atoms with E-state index < -0.39 is 23.5 Å². The molecule has 200 valence electrons. The van der Waals surface area contributed by atoms with Crippen LogP contribution in [0.1, 0.15) is 52.4 Å². The van der Waals surface area contributed by atoms with Crippen LogP contribution in [-0.4, -0.2) is 40.4 Å². The molecule has 39 heavy (non-hydrogen) atoms. The Morgan fingerprint density at radius 3 is 2.49 bits per heavy atom. The number of pyridine rings is 1. The van der Waals surface area contributed by atoms with Gasteiger partial charge in [0.15, 0.2) is 5.78 Å². The first-order valence-electron chi connectivity index (χ1n) is 12.6. The second-order valence-electron chi connectivity index (χ2n) is 10.6. The predicted octanol–water partition coefficient (Wildman–Crippen LogP) is 4.64. The number of hydrogen-bond donors (Lipinski definition) is 2. The van der Waals surface area contributed by atoms with Gasteiger partial charge in [0.05, 0.1) is 7.11 Å². The number of H-pyrrole nitrogens is 1. The normalized spacial score (nSPS) is 15.0. The number of esters is 1. The minimum atomic E-state index is -1.07. The van der Waals surface area contributed by atoms with Crippen molar-refractivity contribution < 1.29 is 19.1 Å². The van der Waals surface area contributed by atoms with Crippen LogP contribution in [0.2, 0.25) is 5.02 Å². The second-order valence-corrected chi connectivity index (χ2v) is 11.0. The van der Waals surface area contributed by atoms with Crippen LogP contribution in [-0.2, 0) is 22.4 Å². The molecule has 1 amide bonds. The number of carbonyl (C=O) groups excluding carboxylic acids is 3. The summed E-state index contributed by atoms with van der Waals surface area (Å²) in [6, 6.07) is 16.5. The van der Waals surface area contributed by atoms with E-state index >= 15 is 0 Å². The number of fused-ring (bicyclic) bond motifs is 2. The van der Waals surface area contributed by atoms with Gasteiger partial charge in [-0.25, -0.2) is 4.79 Å². The number of para-hydroxylation sites is 1. The minimum Gasteiger partial charge on any atom is -0.467 e. The molecule has 8 nitrogen and oxygen atoms in total. The lowest BCUT2D eigenvalue weighted by Gasteiger charge is -2.32. The van der Waals surface area contributed by atoms with E-state index in [4.69, 9.17) is 16.3 Å². The summed E-state index contributed by atoms with van der Waals surface area (Å²) in [5, 5.41) is 4.12. The van der Waals surface area contributed by atoms with Gasteiger partial charge < -0.3 is 15.0 Å². The SMILES string of the molecule is COC(=O)C(Cc1cc2ccccc2[nH]1)NC(=O)c1cc2c(n(-c3ccc(Cl)cc3)c1=O)CC(C)(C)CC2=O. The van der Waals surface area contributed by atoms with Gasteiger partial charge in [0.1, 0.15) is 11.6 Å². The molecule has 1 aliphatic rings. The number of aromatic amines is 1. The first kappa shape index (κ1) is 26.4. The summed E-state index contributed by atoms with van der Waals surface area (Å²) in [5.41, 5.74) is 1.78. The largest absolute Gasteiger partial charge is 0.467 e. The summed E-state index contributed by atoms with van der Waals surface area (Å²) in [5.74, 6) is -1.58. The van der Waals surface area contributed by atoms with Crippen LogP contribution >= 0.6 is 11.6 Å². The molecule has 1 aliphatic carbocycles. The molecule has 0 saturated heterocycles. The highest BCUT2D eigenvalue weighted by Gasteiger charge is 2.35. The molecule has 0 spiro atoms. The Morgan fingerprint density at radius 1 is 1.08 bits per heavy atom. The first-order valence-corrected chi connectivity index (χ1v) is 13.0. The number of Topliss-reactive ketones (excluding diaryl/α,β-unsaturated/α-hetero) is 1. The molecule has 0 fully saturated rings. The lowest BCUT2D eigenvalue weighted by molar-refractivity contribution is -0.142. The molecule has 0 aliphatic heterocycles. The van der Waals surface area contributed by atoms with Crippen LogP contribution < -0.4 is 10.9 Å². The summed E-state index contributed by atoms with van der Waals surface area (Å²) in [6.45, 7) is 3.94. The van der Waals surface area contributed by atoms with E-state index in [9.17, 15) is 19.2 Å².